The van der Waals surface area contributed by atoms with Gasteiger partial charge in [0, 0.05) is 44.8 Å². The SMILES string of the molecule is CCNC(=NCCN1CCCS1(=O)=O)NCCN(C(C)C)C(C)C. The second-order valence-corrected chi connectivity index (χ2v) is 8.77. The Balaban J connectivity index is 2.45. The molecule has 8 heteroatoms. The van der Waals surface area contributed by atoms with Gasteiger partial charge in [-0.3, -0.25) is 9.89 Å². The minimum Gasteiger partial charge on any atom is -0.357 e. The molecule has 1 aliphatic heterocycles. The summed E-state index contributed by atoms with van der Waals surface area (Å²) in [5, 5.41) is 6.55. The van der Waals surface area contributed by atoms with Crippen LogP contribution in [0.15, 0.2) is 4.99 Å². The molecule has 1 saturated heterocycles. The van der Waals surface area contributed by atoms with Crippen LogP contribution in [0.5, 0.6) is 0 Å². The fourth-order valence-electron chi connectivity index (χ4n) is 2.97. The van der Waals surface area contributed by atoms with Crippen molar-refractivity contribution in [1.82, 2.24) is 19.8 Å². The zero-order valence-electron chi connectivity index (χ0n) is 15.9. The quantitative estimate of drug-likeness (QED) is 0.467. The second kappa shape index (κ2) is 10.2. The summed E-state index contributed by atoms with van der Waals surface area (Å²) in [7, 11) is -3.03. The zero-order valence-corrected chi connectivity index (χ0v) is 16.7. The molecular weight excluding hydrogens is 326 g/mol. The predicted octanol–water partition coefficient (Wildman–Crippen LogP) is 0.696. The van der Waals surface area contributed by atoms with E-state index in [1.807, 2.05) is 6.92 Å². The summed E-state index contributed by atoms with van der Waals surface area (Å²) in [6.45, 7) is 14.9. The Kier molecular flexibility index (Phi) is 9.01. The van der Waals surface area contributed by atoms with Crippen molar-refractivity contribution in [3.05, 3.63) is 0 Å². The van der Waals surface area contributed by atoms with Gasteiger partial charge in [0.15, 0.2) is 5.96 Å². The van der Waals surface area contributed by atoms with E-state index in [-0.39, 0.29) is 5.75 Å². The van der Waals surface area contributed by atoms with Gasteiger partial charge in [-0.1, -0.05) is 0 Å². The summed E-state index contributed by atoms with van der Waals surface area (Å²) in [6, 6.07) is 1.01. The first-order valence-corrected chi connectivity index (χ1v) is 10.6. The van der Waals surface area contributed by atoms with Crippen LogP contribution in [0.25, 0.3) is 0 Å². The van der Waals surface area contributed by atoms with Gasteiger partial charge >= 0.3 is 0 Å². The topological polar surface area (TPSA) is 77.0 Å². The Morgan fingerprint density at radius 3 is 2.38 bits per heavy atom. The average Bonchev–Trinajstić information content (AvgIpc) is 2.81. The lowest BCUT2D eigenvalue weighted by molar-refractivity contribution is 0.178. The molecule has 0 bridgehead atoms. The van der Waals surface area contributed by atoms with Gasteiger partial charge in [0.2, 0.25) is 10.0 Å². The molecule has 1 aliphatic rings. The van der Waals surface area contributed by atoms with E-state index in [0.29, 0.717) is 31.7 Å². The van der Waals surface area contributed by atoms with Crippen molar-refractivity contribution in [3.8, 4) is 0 Å². The van der Waals surface area contributed by atoms with Crippen molar-refractivity contribution >= 4 is 16.0 Å². The van der Waals surface area contributed by atoms with Crippen LogP contribution >= 0.6 is 0 Å². The summed E-state index contributed by atoms with van der Waals surface area (Å²) < 4.78 is 25.1. The maximum atomic E-state index is 11.8. The maximum absolute atomic E-state index is 11.8. The van der Waals surface area contributed by atoms with Gasteiger partial charge in [0.1, 0.15) is 0 Å². The van der Waals surface area contributed by atoms with Gasteiger partial charge in [-0.2, -0.15) is 0 Å². The van der Waals surface area contributed by atoms with E-state index >= 15 is 0 Å². The second-order valence-electron chi connectivity index (χ2n) is 6.68. The van der Waals surface area contributed by atoms with Crippen molar-refractivity contribution in [2.45, 2.75) is 53.1 Å². The first-order valence-electron chi connectivity index (χ1n) is 9.03. The van der Waals surface area contributed by atoms with Crippen molar-refractivity contribution in [2.75, 3.05) is 45.0 Å². The van der Waals surface area contributed by atoms with E-state index < -0.39 is 10.0 Å². The molecule has 2 N–H and O–H groups in total. The van der Waals surface area contributed by atoms with E-state index in [2.05, 4.69) is 48.2 Å². The normalized spacial score (nSPS) is 18.8. The van der Waals surface area contributed by atoms with Crippen molar-refractivity contribution in [1.29, 1.82) is 0 Å². The van der Waals surface area contributed by atoms with Crippen LogP contribution in [-0.4, -0.2) is 80.7 Å². The highest BCUT2D eigenvalue weighted by molar-refractivity contribution is 7.89. The van der Waals surface area contributed by atoms with Crippen molar-refractivity contribution in [3.63, 3.8) is 0 Å². The lowest BCUT2D eigenvalue weighted by atomic mass is 10.2. The zero-order chi connectivity index (χ0) is 18.2. The maximum Gasteiger partial charge on any atom is 0.214 e. The third-order valence-electron chi connectivity index (χ3n) is 4.16. The monoisotopic (exact) mass is 361 g/mol. The molecular formula is C16H35N5O2S. The molecule has 0 radical (unpaired) electrons. The van der Waals surface area contributed by atoms with Crippen LogP contribution in [0.3, 0.4) is 0 Å². The molecule has 1 rings (SSSR count). The Labute approximate surface area is 147 Å². The van der Waals surface area contributed by atoms with Gasteiger partial charge in [0.05, 0.1) is 12.3 Å². The van der Waals surface area contributed by atoms with E-state index in [0.717, 1.165) is 32.0 Å². The molecule has 0 aliphatic carbocycles. The van der Waals surface area contributed by atoms with Crippen LogP contribution in [0.1, 0.15) is 41.0 Å². The molecule has 0 aromatic carbocycles. The number of guanidine groups is 1. The highest BCUT2D eigenvalue weighted by atomic mass is 32.2. The lowest BCUT2D eigenvalue weighted by Gasteiger charge is -2.30. The van der Waals surface area contributed by atoms with E-state index in [1.165, 1.54) is 0 Å². The number of hydrogen-bond acceptors (Lipinski definition) is 4. The van der Waals surface area contributed by atoms with Crippen LogP contribution in [0, 0.1) is 0 Å². The largest absolute Gasteiger partial charge is 0.357 e. The number of nitrogens with one attached hydrogen (secondary N) is 2. The summed E-state index contributed by atoms with van der Waals surface area (Å²) in [6.07, 6.45) is 0.727. The molecule has 0 aromatic heterocycles. The first-order chi connectivity index (χ1) is 11.3. The highest BCUT2D eigenvalue weighted by Crippen LogP contribution is 2.12. The Hall–Kier alpha value is -0.860. The molecule has 0 aromatic rings. The summed E-state index contributed by atoms with van der Waals surface area (Å²) in [5.41, 5.74) is 0. The van der Waals surface area contributed by atoms with Crippen LogP contribution in [0.2, 0.25) is 0 Å². The third kappa shape index (κ3) is 6.94. The number of nitrogens with zero attached hydrogens (tertiary/aromatic N) is 3. The van der Waals surface area contributed by atoms with E-state index in [4.69, 9.17) is 0 Å². The average molecular weight is 362 g/mol. The highest BCUT2D eigenvalue weighted by Gasteiger charge is 2.27. The molecule has 0 unspecified atom stereocenters. The Bertz CT molecular complexity index is 483. The fraction of sp³-hybridized carbons (Fsp3) is 0.938. The predicted molar refractivity (Wildman–Crippen MR) is 101 cm³/mol. The van der Waals surface area contributed by atoms with Crippen molar-refractivity contribution < 1.29 is 8.42 Å². The van der Waals surface area contributed by atoms with E-state index in [9.17, 15) is 8.42 Å². The number of aliphatic imine (C=N–C) groups is 1. The summed E-state index contributed by atoms with van der Waals surface area (Å²) in [5.74, 6) is 1.02. The number of rotatable bonds is 9. The van der Waals surface area contributed by atoms with Gasteiger partial charge in [-0.15, -0.1) is 0 Å². The first kappa shape index (κ1) is 21.2. The molecule has 142 valence electrons. The number of sulfonamides is 1. The van der Waals surface area contributed by atoms with Crippen LogP contribution in [-0.2, 0) is 10.0 Å². The fourth-order valence-corrected chi connectivity index (χ4v) is 4.49. The molecule has 0 atom stereocenters. The molecule has 1 fully saturated rings. The van der Waals surface area contributed by atoms with Crippen molar-refractivity contribution in [2.24, 2.45) is 4.99 Å². The minimum atomic E-state index is -3.03. The molecule has 0 spiro atoms. The molecule has 0 amide bonds. The van der Waals surface area contributed by atoms with Gasteiger partial charge in [-0.25, -0.2) is 12.7 Å². The smallest absolute Gasteiger partial charge is 0.214 e. The third-order valence-corrected chi connectivity index (χ3v) is 6.11. The van der Waals surface area contributed by atoms with Gasteiger partial charge in [-0.05, 0) is 41.0 Å². The Morgan fingerprint density at radius 1 is 1.21 bits per heavy atom. The van der Waals surface area contributed by atoms with E-state index in [1.54, 1.807) is 4.31 Å². The van der Waals surface area contributed by atoms with Crippen LogP contribution in [0.4, 0.5) is 0 Å². The van der Waals surface area contributed by atoms with Gasteiger partial charge in [0.25, 0.3) is 0 Å². The molecule has 0 saturated carbocycles. The van der Waals surface area contributed by atoms with Crippen LogP contribution < -0.4 is 10.6 Å². The van der Waals surface area contributed by atoms with Gasteiger partial charge < -0.3 is 10.6 Å². The standard InChI is InChI=1S/C16H35N5O2S/c1-6-17-16(19-9-12-21(14(2)3)15(4)5)18-8-11-20-10-7-13-24(20,22)23/h14-15H,6-13H2,1-5H3,(H2,17,18,19). The summed E-state index contributed by atoms with van der Waals surface area (Å²) >= 11 is 0. The molecule has 1 heterocycles. The minimum absolute atomic E-state index is 0.273. The molecule has 7 nitrogen and oxygen atoms in total. The lowest BCUT2D eigenvalue weighted by Crippen LogP contribution is -2.45. The number of hydrogen-bond donors (Lipinski definition) is 2. The molecule has 24 heavy (non-hydrogen) atoms. The summed E-state index contributed by atoms with van der Waals surface area (Å²) in [4.78, 5) is 6.92. The Morgan fingerprint density at radius 2 is 1.88 bits per heavy atom.